The van der Waals surface area contributed by atoms with Crippen LogP contribution in [0.5, 0.6) is 0 Å². The predicted octanol–water partition coefficient (Wildman–Crippen LogP) is 2.65. The van der Waals surface area contributed by atoms with E-state index < -0.39 is 11.9 Å². The van der Waals surface area contributed by atoms with Crippen LogP contribution < -0.4 is 0 Å². The molecule has 2 aromatic carbocycles. The maximum absolute atomic E-state index is 11.5. The Morgan fingerprint density at radius 2 is 1.47 bits per heavy atom. The number of esters is 2. The van der Waals surface area contributed by atoms with Gasteiger partial charge in [0.05, 0.1) is 11.1 Å². The zero-order valence-corrected chi connectivity index (χ0v) is 9.84. The van der Waals surface area contributed by atoms with Crippen LogP contribution in [0.15, 0.2) is 42.5 Å². The van der Waals surface area contributed by atoms with Crippen molar-refractivity contribution in [2.75, 3.05) is 0 Å². The van der Waals surface area contributed by atoms with Crippen molar-refractivity contribution >= 4 is 11.9 Å². The summed E-state index contributed by atoms with van der Waals surface area (Å²) in [5.74, 6) is 1.36. The second-order valence-corrected chi connectivity index (χ2v) is 4.16. The van der Waals surface area contributed by atoms with Gasteiger partial charge in [-0.2, -0.15) is 0 Å². The van der Waals surface area contributed by atoms with Crippen LogP contribution >= 0.6 is 0 Å². The van der Waals surface area contributed by atoms with Crippen molar-refractivity contribution in [1.29, 1.82) is 0 Å². The lowest BCUT2D eigenvalue weighted by Crippen LogP contribution is -1.96. The molecule has 90 valence electrons. The van der Waals surface area contributed by atoms with Gasteiger partial charge in [0.1, 0.15) is 0 Å². The van der Waals surface area contributed by atoms with Gasteiger partial charge >= 0.3 is 11.9 Å². The Morgan fingerprint density at radius 3 is 2.16 bits per heavy atom. The second kappa shape index (κ2) is 4.11. The minimum absolute atomic E-state index is 0.309. The van der Waals surface area contributed by atoms with Crippen molar-refractivity contribution in [2.24, 2.45) is 0 Å². The topological polar surface area (TPSA) is 43.4 Å². The van der Waals surface area contributed by atoms with Crippen LogP contribution in [-0.4, -0.2) is 11.9 Å². The van der Waals surface area contributed by atoms with Crippen molar-refractivity contribution < 1.29 is 14.3 Å². The minimum atomic E-state index is -0.595. The number of ether oxygens (including phenoxy) is 1. The molecule has 0 fully saturated rings. The molecular formula is C16H8O3. The average Bonchev–Trinajstić information content (AvgIpc) is 2.74. The summed E-state index contributed by atoms with van der Waals surface area (Å²) in [5, 5.41) is 0. The predicted molar refractivity (Wildman–Crippen MR) is 69.6 cm³/mol. The van der Waals surface area contributed by atoms with Gasteiger partial charge in [-0.1, -0.05) is 24.1 Å². The lowest BCUT2D eigenvalue weighted by Gasteiger charge is -2.03. The van der Waals surface area contributed by atoms with E-state index in [0.29, 0.717) is 11.1 Å². The molecule has 1 aliphatic rings. The van der Waals surface area contributed by atoms with Crippen LogP contribution in [0.3, 0.4) is 0 Å². The van der Waals surface area contributed by atoms with Crippen molar-refractivity contribution in [1.82, 2.24) is 0 Å². The fourth-order valence-electron chi connectivity index (χ4n) is 2.02. The Hall–Kier alpha value is -2.86. The molecule has 0 aliphatic carbocycles. The van der Waals surface area contributed by atoms with Gasteiger partial charge in [0.15, 0.2) is 0 Å². The van der Waals surface area contributed by atoms with E-state index in [9.17, 15) is 9.59 Å². The summed E-state index contributed by atoms with van der Waals surface area (Å²) in [4.78, 5) is 22.8. The maximum Gasteiger partial charge on any atom is 0.346 e. The average molecular weight is 248 g/mol. The van der Waals surface area contributed by atoms with Gasteiger partial charge in [-0.25, -0.2) is 9.59 Å². The third-order valence-corrected chi connectivity index (χ3v) is 3.03. The first-order valence-corrected chi connectivity index (χ1v) is 5.66. The molecule has 0 amide bonds. The Morgan fingerprint density at radius 1 is 0.842 bits per heavy atom. The maximum atomic E-state index is 11.5. The summed E-state index contributed by atoms with van der Waals surface area (Å²) in [7, 11) is 0. The van der Waals surface area contributed by atoms with Crippen LogP contribution in [0.4, 0.5) is 0 Å². The first-order chi connectivity index (χ1) is 9.19. The van der Waals surface area contributed by atoms with Gasteiger partial charge < -0.3 is 4.74 Å². The molecule has 0 aromatic heterocycles. The van der Waals surface area contributed by atoms with E-state index in [0.717, 1.165) is 16.7 Å². The number of terminal acetylenes is 1. The van der Waals surface area contributed by atoms with Crippen LogP contribution in [0.2, 0.25) is 0 Å². The molecule has 0 atom stereocenters. The highest BCUT2D eigenvalue weighted by atomic mass is 16.6. The van der Waals surface area contributed by atoms with Crippen molar-refractivity contribution in [2.45, 2.75) is 0 Å². The highest BCUT2D eigenvalue weighted by molar-refractivity contribution is 6.15. The number of carbonyl (C=O) groups excluding carboxylic acids is 2. The Kier molecular flexibility index (Phi) is 2.43. The summed E-state index contributed by atoms with van der Waals surface area (Å²) in [6.45, 7) is 0. The lowest BCUT2D eigenvalue weighted by molar-refractivity contribution is 0.0444. The van der Waals surface area contributed by atoms with E-state index in [-0.39, 0.29) is 0 Å². The quantitative estimate of drug-likeness (QED) is 0.442. The molecule has 3 heteroatoms. The van der Waals surface area contributed by atoms with E-state index in [4.69, 9.17) is 6.42 Å². The number of hydrogen-bond donors (Lipinski definition) is 0. The number of cyclic esters (lactones) is 2. The van der Waals surface area contributed by atoms with Crippen LogP contribution in [0.1, 0.15) is 26.3 Å². The SMILES string of the molecule is C#Cc1ccc(-c2ccc3c(c2)C(=O)OC3=O)cc1. The molecule has 19 heavy (non-hydrogen) atoms. The number of fused-ring (bicyclic) bond motifs is 1. The van der Waals surface area contributed by atoms with E-state index in [2.05, 4.69) is 10.7 Å². The molecule has 0 unspecified atom stereocenters. The van der Waals surface area contributed by atoms with Crippen molar-refractivity contribution in [3.05, 3.63) is 59.2 Å². The first kappa shape index (κ1) is 11.2. The molecule has 0 spiro atoms. The van der Waals surface area contributed by atoms with E-state index >= 15 is 0 Å². The number of rotatable bonds is 1. The van der Waals surface area contributed by atoms with Crippen LogP contribution in [0, 0.1) is 12.3 Å². The molecule has 1 aliphatic heterocycles. The summed E-state index contributed by atoms with van der Waals surface area (Å²) in [6.07, 6.45) is 5.30. The molecule has 3 rings (SSSR count). The molecule has 0 saturated carbocycles. The smallest absolute Gasteiger partial charge is 0.346 e. The molecule has 0 N–H and O–H groups in total. The zero-order chi connectivity index (χ0) is 13.4. The summed E-state index contributed by atoms with van der Waals surface area (Å²) in [6, 6.07) is 12.4. The first-order valence-electron chi connectivity index (χ1n) is 5.66. The van der Waals surface area contributed by atoms with E-state index in [1.54, 1.807) is 18.2 Å². The minimum Gasteiger partial charge on any atom is -0.386 e. The third kappa shape index (κ3) is 1.80. The van der Waals surface area contributed by atoms with Gasteiger partial charge in [0.2, 0.25) is 0 Å². The number of hydrogen-bond acceptors (Lipinski definition) is 3. The monoisotopic (exact) mass is 248 g/mol. The largest absolute Gasteiger partial charge is 0.386 e. The highest BCUT2D eigenvalue weighted by Crippen LogP contribution is 2.27. The Balaban J connectivity index is 2.07. The normalized spacial score (nSPS) is 12.8. The van der Waals surface area contributed by atoms with Gasteiger partial charge in [-0.05, 0) is 35.4 Å². The van der Waals surface area contributed by atoms with Crippen LogP contribution in [0.25, 0.3) is 11.1 Å². The highest BCUT2D eigenvalue weighted by Gasteiger charge is 2.29. The molecule has 2 aromatic rings. The van der Waals surface area contributed by atoms with Gasteiger partial charge in [-0.15, -0.1) is 6.42 Å². The van der Waals surface area contributed by atoms with E-state index in [1.165, 1.54) is 0 Å². The summed E-state index contributed by atoms with van der Waals surface area (Å²) < 4.78 is 4.55. The molecule has 1 heterocycles. The van der Waals surface area contributed by atoms with Crippen molar-refractivity contribution in [3.63, 3.8) is 0 Å². The lowest BCUT2D eigenvalue weighted by atomic mass is 9.99. The van der Waals surface area contributed by atoms with Gasteiger partial charge in [-0.3, -0.25) is 0 Å². The fourth-order valence-corrected chi connectivity index (χ4v) is 2.02. The molecule has 3 nitrogen and oxygen atoms in total. The standard InChI is InChI=1S/C16H8O3/c1-2-10-3-5-11(6-4-10)12-7-8-13-14(9-12)16(18)19-15(13)17/h1,3-9H. The van der Waals surface area contributed by atoms with E-state index in [1.807, 2.05) is 24.3 Å². The second-order valence-electron chi connectivity index (χ2n) is 4.16. The fraction of sp³-hybridized carbons (Fsp3) is 0. The number of carbonyl (C=O) groups is 2. The van der Waals surface area contributed by atoms with Gasteiger partial charge in [0, 0.05) is 5.56 Å². The van der Waals surface area contributed by atoms with Crippen LogP contribution in [-0.2, 0) is 4.74 Å². The summed E-state index contributed by atoms with van der Waals surface area (Å²) >= 11 is 0. The third-order valence-electron chi connectivity index (χ3n) is 3.03. The molecule has 0 bridgehead atoms. The Labute approximate surface area is 109 Å². The zero-order valence-electron chi connectivity index (χ0n) is 9.84. The Bertz CT molecular complexity index is 734. The molecule has 0 radical (unpaired) electrons. The number of benzene rings is 2. The molecule has 0 saturated heterocycles. The van der Waals surface area contributed by atoms with Crippen molar-refractivity contribution in [3.8, 4) is 23.5 Å². The van der Waals surface area contributed by atoms with Gasteiger partial charge in [0.25, 0.3) is 0 Å². The molecular weight excluding hydrogens is 240 g/mol. The summed E-state index contributed by atoms with van der Waals surface area (Å²) in [5.41, 5.74) is 3.18.